The first-order chi connectivity index (χ1) is 8.88. The lowest BCUT2D eigenvalue weighted by Gasteiger charge is -2.07. The van der Waals surface area contributed by atoms with Crippen LogP contribution in [0.2, 0.25) is 0 Å². The molecule has 0 N–H and O–H groups in total. The van der Waals surface area contributed by atoms with Crippen LogP contribution in [0.15, 0.2) is 60.8 Å². The maximum atomic E-state index is 4.52. The Labute approximate surface area is 115 Å². The van der Waals surface area contributed by atoms with Crippen molar-refractivity contribution in [1.29, 1.82) is 0 Å². The van der Waals surface area contributed by atoms with E-state index in [0.717, 1.165) is 10.8 Å². The molecule has 0 amide bonds. The zero-order chi connectivity index (χ0) is 12.4. The van der Waals surface area contributed by atoms with Crippen LogP contribution in [0, 0.1) is 0 Å². The summed E-state index contributed by atoms with van der Waals surface area (Å²) in [5.41, 5.74) is 4.74. The summed E-state index contributed by atoms with van der Waals surface area (Å²) >= 11 is 3.53. The van der Waals surface area contributed by atoms with Crippen molar-refractivity contribution in [3.05, 3.63) is 66.4 Å². The lowest BCUT2D eigenvalue weighted by Crippen LogP contribution is -1.87. The molecule has 0 atom stereocenters. The monoisotopic (exact) mass is 297 g/mol. The first kappa shape index (κ1) is 11.4. The maximum Gasteiger partial charge on any atom is 0.0702 e. The third kappa shape index (κ3) is 2.04. The number of rotatable bonds is 2. The third-order valence-electron chi connectivity index (χ3n) is 3.06. The summed E-state index contributed by atoms with van der Waals surface area (Å²) in [5, 5.41) is 2.04. The van der Waals surface area contributed by atoms with Crippen LogP contribution >= 0.6 is 15.9 Å². The van der Waals surface area contributed by atoms with Gasteiger partial charge in [-0.3, -0.25) is 4.98 Å². The van der Waals surface area contributed by atoms with Crippen molar-refractivity contribution >= 4 is 26.8 Å². The van der Waals surface area contributed by atoms with Crippen molar-refractivity contribution in [1.82, 2.24) is 4.98 Å². The van der Waals surface area contributed by atoms with Crippen LogP contribution in [0.5, 0.6) is 0 Å². The number of nitrogens with zero attached hydrogens (tertiary/aromatic N) is 1. The van der Waals surface area contributed by atoms with E-state index < -0.39 is 0 Å². The van der Waals surface area contributed by atoms with Gasteiger partial charge in [0.15, 0.2) is 0 Å². The topological polar surface area (TPSA) is 12.9 Å². The smallest absolute Gasteiger partial charge is 0.0702 e. The van der Waals surface area contributed by atoms with Crippen LogP contribution in [0.3, 0.4) is 0 Å². The number of hydrogen-bond donors (Lipinski definition) is 0. The van der Waals surface area contributed by atoms with E-state index in [1.807, 2.05) is 24.4 Å². The molecule has 0 aliphatic heterocycles. The summed E-state index contributed by atoms with van der Waals surface area (Å²) in [6.45, 7) is 0. The molecule has 3 rings (SSSR count). The quantitative estimate of drug-likeness (QED) is 0.619. The molecular formula is C16H12BrN. The molecular weight excluding hydrogens is 286 g/mol. The summed E-state index contributed by atoms with van der Waals surface area (Å²) < 4.78 is 0. The van der Waals surface area contributed by atoms with Crippen molar-refractivity contribution in [3.63, 3.8) is 0 Å². The lowest BCUT2D eigenvalue weighted by atomic mass is 10.0. The molecule has 0 aliphatic rings. The molecule has 1 heterocycles. The van der Waals surface area contributed by atoms with Crippen LogP contribution < -0.4 is 0 Å². The van der Waals surface area contributed by atoms with Crippen LogP contribution in [0.4, 0.5) is 0 Å². The number of halogens is 1. The van der Waals surface area contributed by atoms with Crippen LogP contribution in [0.1, 0.15) is 5.56 Å². The molecule has 3 aromatic rings. The molecule has 18 heavy (non-hydrogen) atoms. The second kappa shape index (κ2) is 4.91. The van der Waals surface area contributed by atoms with Gasteiger partial charge in [0.2, 0.25) is 0 Å². The third-order valence-corrected chi connectivity index (χ3v) is 3.67. The molecule has 1 nitrogen and oxygen atoms in total. The fourth-order valence-electron chi connectivity index (χ4n) is 2.14. The van der Waals surface area contributed by atoms with Crippen molar-refractivity contribution in [2.75, 3.05) is 0 Å². The highest BCUT2D eigenvalue weighted by Gasteiger charge is 2.04. The van der Waals surface area contributed by atoms with E-state index in [1.165, 1.54) is 22.1 Å². The Balaban J connectivity index is 2.19. The number of alkyl halides is 1. The molecule has 0 radical (unpaired) electrons. The Morgan fingerprint density at radius 1 is 0.944 bits per heavy atom. The first-order valence-corrected chi connectivity index (χ1v) is 6.99. The van der Waals surface area contributed by atoms with Crippen LogP contribution in [-0.2, 0) is 5.33 Å². The minimum Gasteiger partial charge on any atom is -0.256 e. The Hall–Kier alpha value is -1.67. The molecule has 2 heteroatoms. The predicted octanol–water partition coefficient (Wildman–Crippen LogP) is 4.80. The second-order valence-corrected chi connectivity index (χ2v) is 4.77. The second-order valence-electron chi connectivity index (χ2n) is 4.21. The van der Waals surface area contributed by atoms with E-state index in [9.17, 15) is 0 Å². The van der Waals surface area contributed by atoms with Gasteiger partial charge < -0.3 is 0 Å². The predicted molar refractivity (Wildman–Crippen MR) is 79.8 cm³/mol. The Kier molecular flexibility index (Phi) is 3.11. The fraction of sp³-hybridized carbons (Fsp3) is 0.0625. The highest BCUT2D eigenvalue weighted by Crippen LogP contribution is 2.27. The number of fused-ring (bicyclic) bond motifs is 1. The molecule has 0 aliphatic carbocycles. The number of para-hydroxylation sites is 1. The Morgan fingerprint density at radius 3 is 2.61 bits per heavy atom. The fourth-order valence-corrected chi connectivity index (χ4v) is 2.63. The summed E-state index contributed by atoms with van der Waals surface area (Å²) in [6, 6.07) is 18.8. The van der Waals surface area contributed by atoms with Gasteiger partial charge in [-0.2, -0.15) is 0 Å². The van der Waals surface area contributed by atoms with Crippen LogP contribution in [0.25, 0.3) is 22.0 Å². The number of benzene rings is 2. The highest BCUT2D eigenvalue weighted by atomic mass is 79.9. The zero-order valence-electron chi connectivity index (χ0n) is 9.81. The van der Waals surface area contributed by atoms with Gasteiger partial charge >= 0.3 is 0 Å². The van der Waals surface area contributed by atoms with E-state index in [2.05, 4.69) is 57.3 Å². The van der Waals surface area contributed by atoms with E-state index in [1.54, 1.807) is 0 Å². The minimum absolute atomic E-state index is 0.857. The average Bonchev–Trinajstić information content (AvgIpc) is 2.46. The normalized spacial score (nSPS) is 10.7. The summed E-state index contributed by atoms with van der Waals surface area (Å²) in [6.07, 6.45) is 1.95. The molecule has 2 aromatic carbocycles. The van der Waals surface area contributed by atoms with Gasteiger partial charge in [-0.05, 0) is 23.3 Å². The van der Waals surface area contributed by atoms with Crippen LogP contribution in [-0.4, -0.2) is 4.98 Å². The van der Waals surface area contributed by atoms with Crippen molar-refractivity contribution < 1.29 is 0 Å². The molecule has 0 spiro atoms. The number of hydrogen-bond acceptors (Lipinski definition) is 1. The standard InChI is InChI=1S/C16H12BrN/c17-10-13-6-1-3-7-15(13)14-9-12-5-2-4-8-16(12)18-11-14/h1-9,11H,10H2. The van der Waals surface area contributed by atoms with E-state index in [-0.39, 0.29) is 0 Å². The van der Waals surface area contributed by atoms with Crippen molar-refractivity contribution in [2.24, 2.45) is 0 Å². The molecule has 0 saturated heterocycles. The van der Waals surface area contributed by atoms with Gasteiger partial charge in [0.25, 0.3) is 0 Å². The van der Waals surface area contributed by atoms with Gasteiger partial charge in [-0.25, -0.2) is 0 Å². The maximum absolute atomic E-state index is 4.52. The molecule has 0 fully saturated rings. The van der Waals surface area contributed by atoms with Gasteiger partial charge in [-0.15, -0.1) is 0 Å². The van der Waals surface area contributed by atoms with Gasteiger partial charge in [0.1, 0.15) is 0 Å². The number of aromatic nitrogens is 1. The highest BCUT2D eigenvalue weighted by molar-refractivity contribution is 9.08. The average molecular weight is 298 g/mol. The van der Waals surface area contributed by atoms with E-state index in [0.29, 0.717) is 0 Å². The van der Waals surface area contributed by atoms with Gasteiger partial charge in [0, 0.05) is 22.5 Å². The SMILES string of the molecule is BrCc1ccccc1-c1cnc2ccccc2c1. The summed E-state index contributed by atoms with van der Waals surface area (Å²) in [5.74, 6) is 0. The Bertz CT molecular complexity index is 691. The summed E-state index contributed by atoms with van der Waals surface area (Å²) in [4.78, 5) is 4.52. The van der Waals surface area contributed by atoms with Crippen molar-refractivity contribution in [2.45, 2.75) is 5.33 Å². The lowest BCUT2D eigenvalue weighted by molar-refractivity contribution is 1.38. The largest absolute Gasteiger partial charge is 0.256 e. The summed E-state index contributed by atoms with van der Waals surface area (Å²) in [7, 11) is 0. The zero-order valence-corrected chi connectivity index (χ0v) is 11.4. The van der Waals surface area contributed by atoms with Gasteiger partial charge in [0.05, 0.1) is 5.52 Å². The van der Waals surface area contributed by atoms with E-state index in [4.69, 9.17) is 0 Å². The molecule has 1 aromatic heterocycles. The van der Waals surface area contributed by atoms with E-state index >= 15 is 0 Å². The Morgan fingerprint density at radius 2 is 1.72 bits per heavy atom. The van der Waals surface area contributed by atoms with Gasteiger partial charge in [-0.1, -0.05) is 58.4 Å². The molecule has 88 valence electrons. The molecule has 0 unspecified atom stereocenters. The molecule has 0 bridgehead atoms. The van der Waals surface area contributed by atoms with Crippen molar-refractivity contribution in [3.8, 4) is 11.1 Å². The first-order valence-electron chi connectivity index (χ1n) is 5.87. The minimum atomic E-state index is 0.857. The molecule has 0 saturated carbocycles. The number of pyridine rings is 1.